The van der Waals surface area contributed by atoms with Crippen molar-refractivity contribution in [1.82, 2.24) is 0 Å². The number of aliphatic hydroxyl groups excluding tert-OH is 7. The van der Waals surface area contributed by atoms with Crippen molar-refractivity contribution in [1.29, 1.82) is 0 Å². The number of hydrogen-bond donors (Lipinski definition) is 7. The molecule has 0 aliphatic carbocycles. The van der Waals surface area contributed by atoms with Gasteiger partial charge in [-0.3, -0.25) is 0 Å². The first kappa shape index (κ1) is 26.8. The Morgan fingerprint density at radius 2 is 1.13 bits per heavy atom. The Labute approximate surface area is 182 Å². The highest BCUT2D eigenvalue weighted by molar-refractivity contribution is 4.91. The van der Waals surface area contributed by atoms with Crippen LogP contribution in [0.5, 0.6) is 0 Å². The minimum absolute atomic E-state index is 0.316. The molecule has 2 aliphatic heterocycles. The highest BCUT2D eigenvalue weighted by Crippen LogP contribution is 2.26. The fourth-order valence-electron chi connectivity index (χ4n) is 3.67. The lowest BCUT2D eigenvalue weighted by Gasteiger charge is -2.42. The van der Waals surface area contributed by atoms with Crippen molar-refractivity contribution in [3.8, 4) is 0 Å². The molecule has 0 unspecified atom stereocenters. The minimum atomic E-state index is -1.60. The van der Waals surface area contributed by atoms with Crippen LogP contribution in [0.15, 0.2) is 0 Å². The van der Waals surface area contributed by atoms with E-state index in [2.05, 4.69) is 6.92 Å². The third-order valence-corrected chi connectivity index (χ3v) is 5.72. The van der Waals surface area contributed by atoms with E-state index in [0.717, 1.165) is 32.1 Å². The van der Waals surface area contributed by atoms with E-state index in [0.29, 0.717) is 6.61 Å². The monoisotopic (exact) mass is 454 g/mol. The SMILES string of the molecule is CCCCCCCCO[C@@H]1O[C@H](CO[C@H]2O[C@H](CO)[C@H](O)[C@H](O)[C@H]2O)[C@@H](O)[C@H](O)[C@H]1O. The molecular formula is C20H38O11. The van der Waals surface area contributed by atoms with Crippen LogP contribution in [0.25, 0.3) is 0 Å². The second kappa shape index (κ2) is 13.3. The summed E-state index contributed by atoms with van der Waals surface area (Å²) >= 11 is 0. The molecule has 2 aliphatic rings. The van der Waals surface area contributed by atoms with Crippen LogP contribution >= 0.6 is 0 Å². The third-order valence-electron chi connectivity index (χ3n) is 5.72. The largest absolute Gasteiger partial charge is 0.394 e. The van der Waals surface area contributed by atoms with Gasteiger partial charge in [-0.2, -0.15) is 0 Å². The summed E-state index contributed by atoms with van der Waals surface area (Å²) in [5.74, 6) is 0. The van der Waals surface area contributed by atoms with Crippen LogP contribution < -0.4 is 0 Å². The average Bonchev–Trinajstić information content (AvgIpc) is 2.77. The lowest BCUT2D eigenvalue weighted by Crippen LogP contribution is -2.61. The Morgan fingerprint density at radius 3 is 1.74 bits per heavy atom. The highest BCUT2D eigenvalue weighted by Gasteiger charge is 2.47. The Morgan fingerprint density at radius 1 is 0.613 bits per heavy atom. The van der Waals surface area contributed by atoms with Crippen molar-refractivity contribution >= 4 is 0 Å². The van der Waals surface area contributed by atoms with E-state index < -0.39 is 68.0 Å². The van der Waals surface area contributed by atoms with E-state index >= 15 is 0 Å². The van der Waals surface area contributed by atoms with E-state index in [-0.39, 0.29) is 6.61 Å². The Balaban J connectivity index is 1.83. The molecule has 0 aromatic rings. The summed E-state index contributed by atoms with van der Waals surface area (Å²) in [6.07, 6.45) is -7.70. The van der Waals surface area contributed by atoms with Crippen LogP contribution in [-0.4, -0.2) is 117 Å². The van der Waals surface area contributed by atoms with Crippen molar-refractivity contribution in [3.05, 3.63) is 0 Å². The predicted molar refractivity (Wildman–Crippen MR) is 106 cm³/mol. The Kier molecular flexibility index (Phi) is 11.5. The smallest absolute Gasteiger partial charge is 0.186 e. The van der Waals surface area contributed by atoms with Gasteiger partial charge in [0.25, 0.3) is 0 Å². The molecule has 2 saturated heterocycles. The van der Waals surface area contributed by atoms with Crippen LogP contribution in [0.1, 0.15) is 45.4 Å². The standard InChI is InChI=1S/C20H38O11/c1-2-3-4-5-6-7-8-28-19-17(26)16(25)14(23)12(31-19)10-29-20-18(27)15(24)13(22)11(9-21)30-20/h11-27H,2-10H2,1H3/t11-,12-,13+,14-,15+,16+,17-,18-,19-,20+/m1/s1. The van der Waals surface area contributed by atoms with Crippen molar-refractivity contribution in [2.45, 2.75) is 107 Å². The molecule has 0 radical (unpaired) electrons. The lowest BCUT2D eigenvalue weighted by atomic mass is 9.98. The van der Waals surface area contributed by atoms with Gasteiger partial charge in [-0.25, -0.2) is 0 Å². The second-order valence-electron chi connectivity index (χ2n) is 8.18. The zero-order chi connectivity index (χ0) is 23.0. The molecule has 11 heteroatoms. The fraction of sp³-hybridized carbons (Fsp3) is 1.00. The first-order chi connectivity index (χ1) is 14.8. The zero-order valence-electron chi connectivity index (χ0n) is 17.9. The Hall–Kier alpha value is -0.440. The number of unbranched alkanes of at least 4 members (excludes halogenated alkanes) is 5. The molecule has 31 heavy (non-hydrogen) atoms. The van der Waals surface area contributed by atoms with Gasteiger partial charge >= 0.3 is 0 Å². The normalized spacial score (nSPS) is 41.4. The van der Waals surface area contributed by atoms with Gasteiger partial charge in [0.05, 0.1) is 13.2 Å². The molecule has 7 N–H and O–H groups in total. The van der Waals surface area contributed by atoms with Crippen molar-refractivity contribution in [2.24, 2.45) is 0 Å². The molecule has 0 saturated carbocycles. The summed E-state index contributed by atoms with van der Waals surface area (Å²) in [4.78, 5) is 0. The van der Waals surface area contributed by atoms with E-state index in [9.17, 15) is 35.7 Å². The molecule has 184 valence electrons. The van der Waals surface area contributed by atoms with Gasteiger partial charge in [-0.05, 0) is 6.42 Å². The van der Waals surface area contributed by atoms with E-state index in [4.69, 9.17) is 18.9 Å². The molecule has 0 aromatic carbocycles. The summed E-state index contributed by atoms with van der Waals surface area (Å²) in [6, 6.07) is 0. The van der Waals surface area contributed by atoms with Gasteiger partial charge < -0.3 is 54.7 Å². The summed E-state index contributed by atoms with van der Waals surface area (Å²) in [5.41, 5.74) is 0. The number of aliphatic hydroxyl groups is 7. The Bertz CT molecular complexity index is 494. The molecule has 0 spiro atoms. The van der Waals surface area contributed by atoms with Crippen LogP contribution in [0.2, 0.25) is 0 Å². The van der Waals surface area contributed by atoms with Gasteiger partial charge in [-0.15, -0.1) is 0 Å². The maximum atomic E-state index is 10.2. The first-order valence-corrected chi connectivity index (χ1v) is 11.0. The van der Waals surface area contributed by atoms with Gasteiger partial charge in [0.2, 0.25) is 0 Å². The number of rotatable bonds is 12. The zero-order valence-corrected chi connectivity index (χ0v) is 17.9. The second-order valence-corrected chi connectivity index (χ2v) is 8.18. The maximum absolute atomic E-state index is 10.2. The number of ether oxygens (including phenoxy) is 4. The summed E-state index contributed by atoms with van der Waals surface area (Å²) in [6.45, 7) is 1.48. The van der Waals surface area contributed by atoms with Gasteiger partial charge in [0.15, 0.2) is 12.6 Å². The molecule has 0 aromatic heterocycles. The van der Waals surface area contributed by atoms with Crippen molar-refractivity contribution in [2.75, 3.05) is 19.8 Å². The average molecular weight is 455 g/mol. The van der Waals surface area contributed by atoms with Crippen LogP contribution in [-0.2, 0) is 18.9 Å². The van der Waals surface area contributed by atoms with Crippen molar-refractivity contribution < 1.29 is 54.7 Å². The lowest BCUT2D eigenvalue weighted by molar-refractivity contribution is -0.331. The summed E-state index contributed by atoms with van der Waals surface area (Å²) in [7, 11) is 0. The van der Waals surface area contributed by atoms with E-state index in [1.54, 1.807) is 0 Å². The van der Waals surface area contributed by atoms with Crippen LogP contribution in [0, 0.1) is 0 Å². The van der Waals surface area contributed by atoms with Gasteiger partial charge in [0.1, 0.15) is 48.8 Å². The molecule has 10 atom stereocenters. The van der Waals surface area contributed by atoms with Gasteiger partial charge in [-0.1, -0.05) is 39.0 Å². The molecule has 2 heterocycles. The quantitative estimate of drug-likeness (QED) is 0.162. The van der Waals surface area contributed by atoms with Crippen molar-refractivity contribution in [3.63, 3.8) is 0 Å². The topological polar surface area (TPSA) is 179 Å². The number of hydrogen-bond acceptors (Lipinski definition) is 11. The van der Waals surface area contributed by atoms with Gasteiger partial charge in [0, 0.05) is 6.61 Å². The third kappa shape index (κ3) is 7.27. The highest BCUT2D eigenvalue weighted by atomic mass is 16.7. The first-order valence-electron chi connectivity index (χ1n) is 11.0. The molecule has 2 fully saturated rings. The summed E-state index contributed by atoms with van der Waals surface area (Å²) in [5, 5.41) is 69.3. The van der Waals surface area contributed by atoms with E-state index in [1.807, 2.05) is 0 Å². The molecular weight excluding hydrogens is 416 g/mol. The molecule has 11 nitrogen and oxygen atoms in total. The fourth-order valence-corrected chi connectivity index (χ4v) is 3.67. The minimum Gasteiger partial charge on any atom is -0.394 e. The molecule has 0 bridgehead atoms. The molecule has 0 amide bonds. The predicted octanol–water partition coefficient (Wildman–Crippen LogP) is -2.01. The van der Waals surface area contributed by atoms with E-state index in [1.165, 1.54) is 6.42 Å². The van der Waals surface area contributed by atoms with Crippen LogP contribution in [0.3, 0.4) is 0 Å². The summed E-state index contributed by atoms with van der Waals surface area (Å²) < 4.78 is 21.7. The maximum Gasteiger partial charge on any atom is 0.186 e. The molecule has 2 rings (SSSR count). The van der Waals surface area contributed by atoms with Crippen LogP contribution in [0.4, 0.5) is 0 Å².